The van der Waals surface area contributed by atoms with Gasteiger partial charge in [0.1, 0.15) is 4.32 Å². The van der Waals surface area contributed by atoms with E-state index in [1.54, 1.807) is 25.2 Å². The Labute approximate surface area is 123 Å². The normalized spacial score (nSPS) is 22.0. The average molecular weight is 311 g/mol. The Kier molecular flexibility index (Phi) is 2.88. The molecule has 0 unspecified atom stereocenters. The van der Waals surface area contributed by atoms with E-state index in [0.717, 1.165) is 11.8 Å². The van der Waals surface area contributed by atoms with Gasteiger partial charge < -0.3 is 5.32 Å². The number of benzene rings is 1. The lowest BCUT2D eigenvalue weighted by molar-refractivity contribution is -0.121. The highest BCUT2D eigenvalue weighted by atomic mass is 35.5. The largest absolute Gasteiger partial charge is 0.321 e. The van der Waals surface area contributed by atoms with Crippen LogP contribution in [0.25, 0.3) is 5.57 Å². The summed E-state index contributed by atoms with van der Waals surface area (Å²) in [4.78, 5) is 25.9. The number of nitrogens with zero attached hydrogens (tertiary/aromatic N) is 1. The highest BCUT2D eigenvalue weighted by molar-refractivity contribution is 8.26. The van der Waals surface area contributed by atoms with Crippen molar-refractivity contribution in [1.82, 2.24) is 4.90 Å². The minimum atomic E-state index is -0.300. The van der Waals surface area contributed by atoms with Crippen molar-refractivity contribution in [3.8, 4) is 0 Å². The van der Waals surface area contributed by atoms with Gasteiger partial charge in [0.2, 0.25) is 0 Å². The molecule has 2 amide bonds. The molecule has 19 heavy (non-hydrogen) atoms. The third kappa shape index (κ3) is 1.87. The minimum absolute atomic E-state index is 0.257. The van der Waals surface area contributed by atoms with Crippen LogP contribution in [-0.4, -0.2) is 28.1 Å². The maximum atomic E-state index is 12.1. The van der Waals surface area contributed by atoms with Crippen molar-refractivity contribution in [2.24, 2.45) is 0 Å². The molecule has 96 valence electrons. The number of thiocarbonyl (C=S) groups is 1. The van der Waals surface area contributed by atoms with E-state index in [1.807, 2.05) is 0 Å². The van der Waals surface area contributed by atoms with Gasteiger partial charge in [-0.1, -0.05) is 35.6 Å². The molecule has 7 heteroatoms. The molecule has 3 rings (SSSR count). The Morgan fingerprint density at radius 2 is 2.11 bits per heavy atom. The van der Waals surface area contributed by atoms with Crippen molar-refractivity contribution in [3.63, 3.8) is 0 Å². The summed E-state index contributed by atoms with van der Waals surface area (Å²) in [5.41, 5.74) is 1.65. The van der Waals surface area contributed by atoms with Gasteiger partial charge in [-0.2, -0.15) is 0 Å². The molecule has 1 fully saturated rings. The number of carbonyl (C=O) groups excluding carboxylic acids is 2. The van der Waals surface area contributed by atoms with Crippen LogP contribution in [-0.2, 0) is 9.59 Å². The van der Waals surface area contributed by atoms with Crippen LogP contribution in [0.4, 0.5) is 5.69 Å². The second-order valence-corrected chi connectivity index (χ2v) is 6.16. The zero-order chi connectivity index (χ0) is 13.7. The van der Waals surface area contributed by atoms with E-state index in [-0.39, 0.29) is 11.8 Å². The summed E-state index contributed by atoms with van der Waals surface area (Å²) in [5, 5.41) is 3.23. The molecule has 4 nitrogen and oxygen atoms in total. The van der Waals surface area contributed by atoms with Gasteiger partial charge in [0.15, 0.2) is 0 Å². The molecular weight excluding hydrogens is 304 g/mol. The molecule has 0 atom stereocenters. The molecule has 2 aliphatic heterocycles. The SMILES string of the molecule is CN1C(=O)/C(=C2/C(=O)Nc3ccc(Cl)cc32)SC1=S. The van der Waals surface area contributed by atoms with E-state index in [2.05, 4.69) is 5.32 Å². The molecule has 0 aromatic heterocycles. The number of thioether (sulfide) groups is 1. The maximum Gasteiger partial charge on any atom is 0.266 e. The van der Waals surface area contributed by atoms with Crippen LogP contribution >= 0.6 is 35.6 Å². The van der Waals surface area contributed by atoms with Crippen LogP contribution in [0, 0.1) is 0 Å². The Morgan fingerprint density at radius 3 is 2.74 bits per heavy atom. The smallest absolute Gasteiger partial charge is 0.266 e. The number of rotatable bonds is 0. The number of likely N-dealkylation sites (N-methyl/N-ethyl adjacent to an activating group) is 1. The van der Waals surface area contributed by atoms with Crippen LogP contribution in [0.15, 0.2) is 23.1 Å². The molecule has 2 heterocycles. The maximum absolute atomic E-state index is 12.1. The molecule has 0 aliphatic carbocycles. The van der Waals surface area contributed by atoms with Crippen molar-refractivity contribution in [2.75, 3.05) is 12.4 Å². The molecule has 0 radical (unpaired) electrons. The molecule has 0 spiro atoms. The van der Waals surface area contributed by atoms with Gasteiger partial charge in [-0.25, -0.2) is 0 Å². The number of carbonyl (C=O) groups is 2. The lowest BCUT2D eigenvalue weighted by atomic mass is 10.1. The van der Waals surface area contributed by atoms with E-state index in [0.29, 0.717) is 31.1 Å². The van der Waals surface area contributed by atoms with Crippen LogP contribution in [0.3, 0.4) is 0 Å². The fraction of sp³-hybridized carbons (Fsp3) is 0.0833. The predicted molar refractivity (Wildman–Crippen MR) is 80.0 cm³/mol. The van der Waals surface area contributed by atoms with Gasteiger partial charge in [0.25, 0.3) is 11.8 Å². The van der Waals surface area contributed by atoms with Crippen molar-refractivity contribution in [3.05, 3.63) is 33.7 Å². The van der Waals surface area contributed by atoms with E-state index in [1.165, 1.54) is 4.90 Å². The topological polar surface area (TPSA) is 49.4 Å². The first-order valence-corrected chi connectivity index (χ1v) is 6.94. The van der Waals surface area contributed by atoms with Crippen LogP contribution in [0.2, 0.25) is 5.02 Å². The Hall–Kier alpha value is -1.37. The highest BCUT2D eigenvalue weighted by Crippen LogP contribution is 2.42. The Balaban J connectivity index is 2.22. The Morgan fingerprint density at radius 1 is 1.37 bits per heavy atom. The molecular formula is C12H7ClN2O2S2. The lowest BCUT2D eigenvalue weighted by Crippen LogP contribution is -2.23. The fourth-order valence-corrected chi connectivity index (χ4v) is 3.39. The molecule has 1 aromatic rings. The van der Waals surface area contributed by atoms with Crippen LogP contribution in [0.1, 0.15) is 5.56 Å². The van der Waals surface area contributed by atoms with Crippen molar-refractivity contribution < 1.29 is 9.59 Å². The van der Waals surface area contributed by atoms with E-state index in [9.17, 15) is 9.59 Å². The summed E-state index contributed by atoms with van der Waals surface area (Å²) in [7, 11) is 1.59. The first-order chi connectivity index (χ1) is 8.99. The summed E-state index contributed by atoms with van der Waals surface area (Å²) >= 11 is 12.2. The highest BCUT2D eigenvalue weighted by Gasteiger charge is 2.37. The van der Waals surface area contributed by atoms with E-state index >= 15 is 0 Å². The summed E-state index contributed by atoms with van der Waals surface area (Å²) in [5.74, 6) is -0.556. The third-order valence-electron chi connectivity index (χ3n) is 2.92. The number of halogens is 1. The first-order valence-electron chi connectivity index (χ1n) is 5.34. The van der Waals surface area contributed by atoms with Crippen LogP contribution in [0.5, 0.6) is 0 Å². The number of amides is 2. The average Bonchev–Trinajstić information content (AvgIpc) is 2.80. The van der Waals surface area contributed by atoms with Crippen molar-refractivity contribution in [2.45, 2.75) is 0 Å². The molecule has 0 bridgehead atoms. The third-order valence-corrected chi connectivity index (χ3v) is 4.71. The van der Waals surface area contributed by atoms with Crippen LogP contribution < -0.4 is 5.32 Å². The van der Waals surface area contributed by atoms with Gasteiger partial charge in [0, 0.05) is 23.3 Å². The monoisotopic (exact) mass is 310 g/mol. The summed E-state index contributed by atoms with van der Waals surface area (Å²) in [6, 6.07) is 5.08. The molecule has 1 N–H and O–H groups in total. The molecule has 1 aromatic carbocycles. The molecule has 1 saturated heterocycles. The number of fused-ring (bicyclic) bond motifs is 1. The van der Waals surface area contributed by atoms with E-state index in [4.69, 9.17) is 23.8 Å². The molecule has 2 aliphatic rings. The molecule has 0 saturated carbocycles. The lowest BCUT2D eigenvalue weighted by Gasteiger charge is -2.04. The van der Waals surface area contributed by atoms with Crippen molar-refractivity contribution >= 4 is 63.0 Å². The summed E-state index contributed by atoms with van der Waals surface area (Å²) < 4.78 is 0.441. The summed E-state index contributed by atoms with van der Waals surface area (Å²) in [6.45, 7) is 0. The number of anilines is 1. The Bertz CT molecular complexity index is 684. The number of hydrogen-bond acceptors (Lipinski definition) is 4. The van der Waals surface area contributed by atoms with Gasteiger partial charge >= 0.3 is 0 Å². The zero-order valence-electron chi connectivity index (χ0n) is 9.69. The zero-order valence-corrected chi connectivity index (χ0v) is 12.1. The van der Waals surface area contributed by atoms with Crippen molar-refractivity contribution in [1.29, 1.82) is 0 Å². The second-order valence-electron chi connectivity index (χ2n) is 4.08. The van der Waals surface area contributed by atoms with E-state index < -0.39 is 0 Å². The standard InChI is InChI=1S/C12H7ClN2O2S2/c1-15-11(17)9(19-12(15)18)8-6-4-5(13)2-3-7(6)14-10(8)16/h2-4H,1H3,(H,14,16)/b9-8-. The quantitative estimate of drug-likeness (QED) is 0.591. The van der Waals surface area contributed by atoms with Gasteiger partial charge in [-0.3, -0.25) is 14.5 Å². The second kappa shape index (κ2) is 4.33. The fourth-order valence-electron chi connectivity index (χ4n) is 1.96. The summed E-state index contributed by atoms with van der Waals surface area (Å²) in [6.07, 6.45) is 0. The van der Waals surface area contributed by atoms with Gasteiger partial charge in [-0.15, -0.1) is 0 Å². The number of hydrogen-bond donors (Lipinski definition) is 1. The van der Waals surface area contributed by atoms with Gasteiger partial charge in [-0.05, 0) is 18.2 Å². The number of nitrogens with one attached hydrogen (secondary N) is 1. The first kappa shape index (κ1) is 12.7. The predicted octanol–water partition coefficient (Wildman–Crippen LogP) is 2.49. The van der Waals surface area contributed by atoms with Gasteiger partial charge in [0.05, 0.1) is 10.5 Å². The minimum Gasteiger partial charge on any atom is -0.321 e.